The third kappa shape index (κ3) is 6.60. The van der Waals surface area contributed by atoms with Crippen LogP contribution in [0.1, 0.15) is 37.7 Å². The van der Waals surface area contributed by atoms with Crippen molar-refractivity contribution in [3.63, 3.8) is 0 Å². The SMILES string of the molecule is Cl.Cl.O=C(CC1CCCN1)NC1CCCN(Cc2ccccc2)C1. The fourth-order valence-electron chi connectivity index (χ4n) is 3.60. The Bertz CT molecular complexity index is 480. The van der Waals surface area contributed by atoms with Crippen LogP contribution in [0, 0.1) is 0 Å². The Morgan fingerprint density at radius 2 is 1.96 bits per heavy atom. The molecule has 0 saturated carbocycles. The van der Waals surface area contributed by atoms with Crippen LogP contribution >= 0.6 is 24.8 Å². The van der Waals surface area contributed by atoms with E-state index in [1.807, 2.05) is 0 Å². The summed E-state index contributed by atoms with van der Waals surface area (Å²) in [4.78, 5) is 14.6. The van der Waals surface area contributed by atoms with Crippen LogP contribution in [0.5, 0.6) is 0 Å². The molecule has 1 aromatic carbocycles. The zero-order chi connectivity index (χ0) is 15.2. The molecule has 2 heterocycles. The third-order valence-electron chi connectivity index (χ3n) is 4.71. The van der Waals surface area contributed by atoms with Crippen molar-refractivity contribution in [2.75, 3.05) is 19.6 Å². The molecule has 2 saturated heterocycles. The summed E-state index contributed by atoms with van der Waals surface area (Å²) in [6.45, 7) is 4.15. The maximum atomic E-state index is 12.2. The molecule has 1 aromatic rings. The van der Waals surface area contributed by atoms with Crippen LogP contribution in [0.25, 0.3) is 0 Å². The molecule has 0 bridgehead atoms. The Kier molecular flexibility index (Phi) is 9.67. The zero-order valence-corrected chi connectivity index (χ0v) is 15.7. The van der Waals surface area contributed by atoms with Crippen LogP contribution in [-0.2, 0) is 11.3 Å². The van der Waals surface area contributed by atoms with Gasteiger partial charge in [0.2, 0.25) is 5.91 Å². The molecule has 0 radical (unpaired) electrons. The van der Waals surface area contributed by atoms with E-state index >= 15 is 0 Å². The number of likely N-dealkylation sites (tertiary alicyclic amines) is 1. The maximum absolute atomic E-state index is 12.2. The van der Waals surface area contributed by atoms with E-state index in [9.17, 15) is 4.79 Å². The minimum atomic E-state index is 0. The maximum Gasteiger partial charge on any atom is 0.221 e. The monoisotopic (exact) mass is 373 g/mol. The highest BCUT2D eigenvalue weighted by Gasteiger charge is 2.23. The van der Waals surface area contributed by atoms with Gasteiger partial charge >= 0.3 is 0 Å². The average Bonchev–Trinajstić information content (AvgIpc) is 3.01. The van der Waals surface area contributed by atoms with Crippen molar-refractivity contribution >= 4 is 30.7 Å². The summed E-state index contributed by atoms with van der Waals surface area (Å²) in [7, 11) is 0. The van der Waals surface area contributed by atoms with E-state index in [4.69, 9.17) is 0 Å². The number of nitrogens with zero attached hydrogens (tertiary/aromatic N) is 1. The molecule has 4 nitrogen and oxygen atoms in total. The van der Waals surface area contributed by atoms with Crippen LogP contribution in [0.15, 0.2) is 30.3 Å². The molecule has 0 aliphatic carbocycles. The molecule has 2 aliphatic rings. The first-order valence-corrected chi connectivity index (χ1v) is 8.58. The van der Waals surface area contributed by atoms with Gasteiger partial charge in [-0.05, 0) is 44.3 Å². The molecule has 24 heavy (non-hydrogen) atoms. The van der Waals surface area contributed by atoms with Gasteiger partial charge in [-0.25, -0.2) is 0 Å². The number of carbonyl (C=O) groups excluding carboxylic acids is 1. The lowest BCUT2D eigenvalue weighted by Crippen LogP contribution is -2.48. The van der Waals surface area contributed by atoms with E-state index in [0.29, 0.717) is 18.5 Å². The van der Waals surface area contributed by atoms with E-state index in [-0.39, 0.29) is 30.7 Å². The Labute approximate surface area is 157 Å². The van der Waals surface area contributed by atoms with Crippen molar-refractivity contribution in [3.8, 4) is 0 Å². The smallest absolute Gasteiger partial charge is 0.221 e. The molecule has 2 atom stereocenters. The highest BCUT2D eigenvalue weighted by molar-refractivity contribution is 5.85. The summed E-state index contributed by atoms with van der Waals surface area (Å²) >= 11 is 0. The molecular formula is C18H29Cl2N3O. The van der Waals surface area contributed by atoms with Gasteiger partial charge in [-0.15, -0.1) is 24.8 Å². The van der Waals surface area contributed by atoms with Gasteiger partial charge in [-0.3, -0.25) is 9.69 Å². The number of rotatable bonds is 5. The van der Waals surface area contributed by atoms with Gasteiger partial charge in [0, 0.05) is 31.6 Å². The lowest BCUT2D eigenvalue weighted by atomic mass is 10.0. The largest absolute Gasteiger partial charge is 0.352 e. The van der Waals surface area contributed by atoms with Gasteiger partial charge in [-0.2, -0.15) is 0 Å². The Morgan fingerprint density at radius 1 is 1.17 bits per heavy atom. The van der Waals surface area contributed by atoms with Crippen molar-refractivity contribution in [1.82, 2.24) is 15.5 Å². The molecule has 2 fully saturated rings. The molecule has 136 valence electrons. The number of carbonyl (C=O) groups is 1. The zero-order valence-electron chi connectivity index (χ0n) is 14.1. The average molecular weight is 374 g/mol. The van der Waals surface area contributed by atoms with Gasteiger partial charge in [0.05, 0.1) is 0 Å². The summed E-state index contributed by atoms with van der Waals surface area (Å²) in [5.41, 5.74) is 1.35. The number of halogens is 2. The Morgan fingerprint density at radius 3 is 2.67 bits per heavy atom. The number of hydrogen-bond donors (Lipinski definition) is 2. The standard InChI is InChI=1S/C18H27N3O.2ClH/c22-18(12-16-8-4-10-19-16)20-17-9-5-11-21(14-17)13-15-6-2-1-3-7-15;;/h1-3,6-7,16-17,19H,4-5,8-14H2,(H,20,22);2*1H. The number of piperidine rings is 1. The molecular weight excluding hydrogens is 345 g/mol. The van der Waals surface area contributed by atoms with Crippen molar-refractivity contribution in [2.24, 2.45) is 0 Å². The highest BCUT2D eigenvalue weighted by Crippen LogP contribution is 2.14. The van der Waals surface area contributed by atoms with Crippen molar-refractivity contribution < 1.29 is 4.79 Å². The Balaban J connectivity index is 0.00000144. The van der Waals surface area contributed by atoms with Crippen LogP contribution < -0.4 is 10.6 Å². The van der Waals surface area contributed by atoms with Crippen molar-refractivity contribution in [2.45, 2.75) is 50.7 Å². The molecule has 1 amide bonds. The summed E-state index contributed by atoms with van der Waals surface area (Å²) < 4.78 is 0. The third-order valence-corrected chi connectivity index (χ3v) is 4.71. The van der Waals surface area contributed by atoms with Crippen LogP contribution in [0.3, 0.4) is 0 Å². The van der Waals surface area contributed by atoms with Crippen LogP contribution in [0.4, 0.5) is 0 Å². The van der Waals surface area contributed by atoms with Gasteiger partial charge in [-0.1, -0.05) is 30.3 Å². The molecule has 2 N–H and O–H groups in total. The molecule has 6 heteroatoms. The predicted octanol–water partition coefficient (Wildman–Crippen LogP) is 2.75. The van der Waals surface area contributed by atoms with E-state index in [1.54, 1.807) is 0 Å². The minimum absolute atomic E-state index is 0. The van der Waals surface area contributed by atoms with Gasteiger partial charge in [0.1, 0.15) is 0 Å². The molecule has 2 unspecified atom stereocenters. The van der Waals surface area contributed by atoms with E-state index < -0.39 is 0 Å². The van der Waals surface area contributed by atoms with Gasteiger partial charge in [0.25, 0.3) is 0 Å². The van der Waals surface area contributed by atoms with Crippen LogP contribution in [0.2, 0.25) is 0 Å². The second kappa shape index (κ2) is 10.9. The van der Waals surface area contributed by atoms with Gasteiger partial charge in [0.15, 0.2) is 0 Å². The summed E-state index contributed by atoms with van der Waals surface area (Å²) in [6, 6.07) is 11.3. The number of benzene rings is 1. The minimum Gasteiger partial charge on any atom is -0.352 e. The normalized spacial score (nSPS) is 23.8. The Hall–Kier alpha value is -0.810. The first kappa shape index (κ1) is 21.2. The number of amides is 1. The van der Waals surface area contributed by atoms with Crippen molar-refractivity contribution in [1.29, 1.82) is 0 Å². The summed E-state index contributed by atoms with van der Waals surface area (Å²) in [5, 5.41) is 6.64. The number of nitrogens with one attached hydrogen (secondary N) is 2. The molecule has 0 aromatic heterocycles. The van der Waals surface area contributed by atoms with E-state index in [1.165, 1.54) is 18.4 Å². The summed E-state index contributed by atoms with van der Waals surface area (Å²) in [6.07, 6.45) is 5.24. The summed E-state index contributed by atoms with van der Waals surface area (Å²) in [5.74, 6) is 0.214. The topological polar surface area (TPSA) is 44.4 Å². The highest BCUT2D eigenvalue weighted by atomic mass is 35.5. The first-order valence-electron chi connectivity index (χ1n) is 8.58. The lowest BCUT2D eigenvalue weighted by Gasteiger charge is -2.33. The first-order chi connectivity index (χ1) is 10.8. The van der Waals surface area contributed by atoms with E-state index in [2.05, 4.69) is 45.9 Å². The van der Waals surface area contributed by atoms with Gasteiger partial charge < -0.3 is 10.6 Å². The lowest BCUT2D eigenvalue weighted by molar-refractivity contribution is -0.122. The fraction of sp³-hybridized carbons (Fsp3) is 0.611. The quantitative estimate of drug-likeness (QED) is 0.833. The van der Waals surface area contributed by atoms with Crippen molar-refractivity contribution in [3.05, 3.63) is 35.9 Å². The van der Waals surface area contributed by atoms with E-state index in [0.717, 1.165) is 39.0 Å². The molecule has 2 aliphatic heterocycles. The van der Waals surface area contributed by atoms with Crippen LogP contribution in [-0.4, -0.2) is 42.5 Å². The second-order valence-corrected chi connectivity index (χ2v) is 6.62. The second-order valence-electron chi connectivity index (χ2n) is 6.62. The molecule has 0 spiro atoms. The molecule has 3 rings (SSSR count). The fourth-order valence-corrected chi connectivity index (χ4v) is 3.60. The predicted molar refractivity (Wildman–Crippen MR) is 103 cm³/mol. The number of hydrogen-bond acceptors (Lipinski definition) is 3.